The monoisotopic (exact) mass is 548 g/mol. The molecule has 0 saturated carbocycles. The highest BCUT2D eigenvalue weighted by molar-refractivity contribution is 8.16. The lowest BCUT2D eigenvalue weighted by Gasteiger charge is -2.27. The first-order valence-electron chi connectivity index (χ1n) is 12.0. The molecule has 38 heavy (non-hydrogen) atoms. The van der Waals surface area contributed by atoms with Crippen molar-refractivity contribution in [2.75, 3.05) is 0 Å². The van der Waals surface area contributed by atoms with Gasteiger partial charge in [-0.15, -0.1) is 5.10 Å². The Kier molecular flexibility index (Phi) is 10.2. The van der Waals surface area contributed by atoms with Crippen LogP contribution in [0, 0.1) is 33.8 Å². The second-order valence-electron chi connectivity index (χ2n) is 9.71. The van der Waals surface area contributed by atoms with Gasteiger partial charge < -0.3 is 14.8 Å². The molecule has 2 amide bonds. The van der Waals surface area contributed by atoms with Crippen molar-refractivity contribution in [2.45, 2.75) is 55.4 Å². The number of hydrazone groups is 1. The molecule has 1 aliphatic rings. The van der Waals surface area contributed by atoms with E-state index >= 15 is 0 Å². The van der Waals surface area contributed by atoms with Gasteiger partial charge in [-0.1, -0.05) is 67.2 Å². The number of amidine groups is 1. The number of rotatable bonds is 8. The summed E-state index contributed by atoms with van der Waals surface area (Å²) in [6, 6.07) is 2.38. The molecule has 0 spiro atoms. The van der Waals surface area contributed by atoms with Gasteiger partial charge in [-0.2, -0.15) is 5.01 Å². The number of nitro benzene ring substituents is 1. The third-order valence-electron chi connectivity index (χ3n) is 5.04. The molecule has 0 saturated heterocycles. The summed E-state index contributed by atoms with van der Waals surface area (Å²) in [5.41, 5.74) is -0.399. The molecule has 1 aromatic rings. The fourth-order valence-corrected chi connectivity index (χ4v) is 3.48. The Morgan fingerprint density at radius 1 is 0.921 bits per heavy atom. The normalized spacial score (nSPS) is 13.4. The summed E-state index contributed by atoms with van der Waals surface area (Å²) in [6.45, 7) is 13.0. The Morgan fingerprint density at radius 2 is 1.50 bits per heavy atom. The Balaban J connectivity index is 2.71. The zero-order valence-electron chi connectivity index (χ0n) is 22.6. The summed E-state index contributed by atoms with van der Waals surface area (Å²) in [5, 5.41) is 21.6. The highest BCUT2D eigenvalue weighted by Gasteiger charge is 2.32. The highest BCUT2D eigenvalue weighted by atomic mass is 32.2. The van der Waals surface area contributed by atoms with Crippen LogP contribution in [0.4, 0.5) is 5.69 Å². The predicted molar refractivity (Wildman–Crippen MR) is 142 cm³/mol. The maximum absolute atomic E-state index is 13.1. The van der Waals surface area contributed by atoms with E-state index in [1.807, 2.05) is 0 Å². The van der Waals surface area contributed by atoms with Gasteiger partial charge in [0.25, 0.3) is 5.75 Å². The van der Waals surface area contributed by atoms with Gasteiger partial charge in [0.05, 0.1) is 22.5 Å². The average Bonchev–Trinajstić information content (AvgIpc) is 2.83. The molecule has 0 fully saturated rings. The summed E-state index contributed by atoms with van der Waals surface area (Å²) in [4.78, 5) is 61.3. The number of nitrogens with one attached hydrogen (secondary N) is 1. The molecule has 0 bridgehead atoms. The van der Waals surface area contributed by atoms with Crippen molar-refractivity contribution in [1.29, 1.82) is 0 Å². The number of amides is 2. The SMILES string of the molecule is CC(C)C(=O)NC1=NN(C(=O)C(C)C)C(c2cc(OC(=O)C(C)C)c(OC(=O)C(C)C)c([N+](=O)[O-])c2)=CS1. The minimum absolute atomic E-state index is 0.104. The summed E-state index contributed by atoms with van der Waals surface area (Å²) in [5.74, 6) is -5.17. The van der Waals surface area contributed by atoms with E-state index in [0.717, 1.165) is 22.8 Å². The molecule has 13 heteroatoms. The first kappa shape index (κ1) is 30.5. The molecule has 1 aromatic carbocycles. The summed E-state index contributed by atoms with van der Waals surface area (Å²) in [7, 11) is 0. The second kappa shape index (κ2) is 12.7. The van der Waals surface area contributed by atoms with E-state index in [9.17, 15) is 29.3 Å². The van der Waals surface area contributed by atoms with Crippen LogP contribution in [0.2, 0.25) is 0 Å². The molecule has 12 nitrogen and oxygen atoms in total. The van der Waals surface area contributed by atoms with Crippen LogP contribution >= 0.6 is 11.8 Å². The van der Waals surface area contributed by atoms with Gasteiger partial charge in [0.1, 0.15) is 0 Å². The number of hydrogen-bond donors (Lipinski definition) is 1. The van der Waals surface area contributed by atoms with Crippen molar-refractivity contribution >= 4 is 52.1 Å². The maximum Gasteiger partial charge on any atom is 0.316 e. The summed E-state index contributed by atoms with van der Waals surface area (Å²) in [6.07, 6.45) is 0. The van der Waals surface area contributed by atoms with E-state index in [0.29, 0.717) is 0 Å². The number of nitro groups is 1. The van der Waals surface area contributed by atoms with Crippen LogP contribution in [-0.2, 0) is 19.2 Å². The van der Waals surface area contributed by atoms with Gasteiger partial charge in [0, 0.05) is 28.9 Å². The van der Waals surface area contributed by atoms with Crippen LogP contribution in [0.15, 0.2) is 22.6 Å². The van der Waals surface area contributed by atoms with Crippen molar-refractivity contribution in [2.24, 2.45) is 28.8 Å². The number of esters is 2. The largest absolute Gasteiger partial charge is 0.422 e. The van der Waals surface area contributed by atoms with E-state index in [2.05, 4.69) is 10.4 Å². The van der Waals surface area contributed by atoms with Gasteiger partial charge in [-0.3, -0.25) is 29.3 Å². The molecule has 1 heterocycles. The van der Waals surface area contributed by atoms with Crippen molar-refractivity contribution in [3.05, 3.63) is 33.2 Å². The number of benzene rings is 1. The van der Waals surface area contributed by atoms with E-state index in [1.165, 1.54) is 11.5 Å². The zero-order chi connectivity index (χ0) is 28.9. The van der Waals surface area contributed by atoms with Crippen molar-refractivity contribution < 1.29 is 33.6 Å². The quantitative estimate of drug-likeness (QED) is 0.216. The molecule has 0 unspecified atom stereocenters. The van der Waals surface area contributed by atoms with Crippen molar-refractivity contribution in [3.8, 4) is 11.5 Å². The lowest BCUT2D eigenvalue weighted by Crippen LogP contribution is -2.37. The van der Waals surface area contributed by atoms with Gasteiger partial charge in [-0.25, -0.2) is 0 Å². The number of carbonyl (C=O) groups excluding carboxylic acids is 4. The van der Waals surface area contributed by atoms with Gasteiger partial charge in [-0.05, 0) is 6.07 Å². The topological polar surface area (TPSA) is 158 Å². The second-order valence-corrected chi connectivity index (χ2v) is 10.6. The summed E-state index contributed by atoms with van der Waals surface area (Å²) >= 11 is 1.00. The molecular formula is C25H32N4O8S. The third-order valence-corrected chi connectivity index (χ3v) is 5.79. The fraction of sp³-hybridized carbons (Fsp3) is 0.480. The molecule has 0 aromatic heterocycles. The highest BCUT2D eigenvalue weighted by Crippen LogP contribution is 2.43. The minimum atomic E-state index is -0.776. The number of thioether (sulfide) groups is 1. The maximum atomic E-state index is 13.1. The fourth-order valence-electron chi connectivity index (χ4n) is 2.73. The van der Waals surface area contributed by atoms with E-state index in [4.69, 9.17) is 9.47 Å². The van der Waals surface area contributed by atoms with E-state index < -0.39 is 52.0 Å². The minimum Gasteiger partial charge on any atom is -0.422 e. The van der Waals surface area contributed by atoms with Gasteiger partial charge in [0.15, 0.2) is 10.9 Å². The molecule has 0 aliphatic carbocycles. The lowest BCUT2D eigenvalue weighted by atomic mass is 10.1. The number of hydrogen-bond acceptors (Lipinski definition) is 10. The van der Waals surface area contributed by atoms with Crippen LogP contribution in [0.1, 0.15) is 61.0 Å². The zero-order valence-corrected chi connectivity index (χ0v) is 23.4. The van der Waals surface area contributed by atoms with E-state index in [-0.39, 0.29) is 34.0 Å². The van der Waals surface area contributed by atoms with Crippen LogP contribution in [-0.4, -0.2) is 38.9 Å². The third kappa shape index (κ3) is 7.40. The van der Waals surface area contributed by atoms with Crippen LogP contribution < -0.4 is 14.8 Å². The number of nitrogens with zero attached hydrogens (tertiary/aromatic N) is 3. The van der Waals surface area contributed by atoms with Crippen molar-refractivity contribution in [3.63, 3.8) is 0 Å². The molecule has 0 radical (unpaired) electrons. The number of carbonyl (C=O) groups is 4. The number of ether oxygens (including phenoxy) is 2. The Bertz CT molecular complexity index is 1200. The lowest BCUT2D eigenvalue weighted by molar-refractivity contribution is -0.385. The molecule has 0 atom stereocenters. The smallest absolute Gasteiger partial charge is 0.316 e. The Labute approximate surface area is 224 Å². The van der Waals surface area contributed by atoms with Crippen LogP contribution in [0.25, 0.3) is 5.70 Å². The average molecular weight is 549 g/mol. The van der Waals surface area contributed by atoms with Crippen molar-refractivity contribution in [1.82, 2.24) is 10.3 Å². The van der Waals surface area contributed by atoms with E-state index in [1.54, 1.807) is 55.4 Å². The van der Waals surface area contributed by atoms with Gasteiger partial charge >= 0.3 is 17.6 Å². The van der Waals surface area contributed by atoms with Crippen LogP contribution in [0.3, 0.4) is 0 Å². The molecule has 2 rings (SSSR count). The first-order valence-corrected chi connectivity index (χ1v) is 12.9. The Hall–Kier alpha value is -3.74. The standard InChI is InChI=1S/C25H32N4O8S/c1-12(2)21(30)26-25-27-28(22(31)13(3)4)18(11-38-25)16-9-17(29(34)35)20(37-24(33)15(7)8)19(10-16)36-23(32)14(5)6/h9-15H,1-8H3,(H,26,27,30). The van der Waals surface area contributed by atoms with Crippen LogP contribution in [0.5, 0.6) is 11.5 Å². The molecule has 1 N–H and O–H groups in total. The predicted octanol–water partition coefficient (Wildman–Crippen LogP) is 4.29. The molecular weight excluding hydrogens is 516 g/mol. The summed E-state index contributed by atoms with van der Waals surface area (Å²) < 4.78 is 10.7. The Morgan fingerprint density at radius 3 is 2.00 bits per heavy atom. The first-order chi connectivity index (χ1) is 17.6. The van der Waals surface area contributed by atoms with Gasteiger partial charge in [0.2, 0.25) is 11.8 Å². The molecule has 206 valence electrons. The molecule has 1 aliphatic heterocycles.